The molecule has 1 saturated heterocycles. The zero-order valence-electron chi connectivity index (χ0n) is 28.2. The second kappa shape index (κ2) is 12.7. The Labute approximate surface area is 284 Å². The molecule has 5 heteroatoms. The van der Waals surface area contributed by atoms with Crippen LogP contribution >= 0.6 is 0 Å². The Kier molecular flexibility index (Phi) is 8.13. The summed E-state index contributed by atoms with van der Waals surface area (Å²) < 4.78 is 0. The van der Waals surface area contributed by atoms with E-state index >= 15 is 0 Å². The molecule has 3 N–H and O–H groups in total. The first-order chi connectivity index (χ1) is 23.4. The van der Waals surface area contributed by atoms with Gasteiger partial charge in [0.05, 0.1) is 18.5 Å². The average Bonchev–Trinajstić information content (AvgIpc) is 3.10. The quantitative estimate of drug-likeness (QED) is 0.206. The monoisotopic (exact) mass is 629 g/mol. The lowest BCUT2D eigenvalue weighted by atomic mass is 9.81. The number of benzene rings is 2. The Morgan fingerprint density at radius 1 is 0.583 bits per heavy atom. The van der Waals surface area contributed by atoms with Crippen molar-refractivity contribution in [2.75, 3.05) is 0 Å². The third-order valence-corrected chi connectivity index (χ3v) is 10.1. The summed E-state index contributed by atoms with van der Waals surface area (Å²) >= 11 is 0. The van der Waals surface area contributed by atoms with Crippen LogP contribution in [-0.2, 0) is 0 Å². The fourth-order valence-electron chi connectivity index (χ4n) is 8.01. The smallest absolute Gasteiger partial charge is 0.0864 e. The fourth-order valence-corrected chi connectivity index (χ4v) is 8.01. The molecule has 5 nitrogen and oxygen atoms in total. The summed E-state index contributed by atoms with van der Waals surface area (Å²) in [6.45, 7) is 8.31. The van der Waals surface area contributed by atoms with Gasteiger partial charge < -0.3 is 0 Å². The Morgan fingerprint density at radius 2 is 1.21 bits per heavy atom. The van der Waals surface area contributed by atoms with Crippen molar-refractivity contribution in [1.82, 2.24) is 25.9 Å². The van der Waals surface area contributed by atoms with E-state index in [1.165, 1.54) is 50.1 Å². The second-order valence-electron chi connectivity index (χ2n) is 13.7. The van der Waals surface area contributed by atoms with Crippen LogP contribution in [0.25, 0.3) is 28.3 Å². The molecule has 2 aromatic heterocycles. The molecule has 1 fully saturated rings. The van der Waals surface area contributed by atoms with E-state index < -0.39 is 0 Å². The van der Waals surface area contributed by atoms with Gasteiger partial charge in [-0.2, -0.15) is 0 Å². The predicted octanol–water partition coefficient (Wildman–Crippen LogP) is 8.68. The summed E-state index contributed by atoms with van der Waals surface area (Å²) in [6.07, 6.45) is 20.2. The van der Waals surface area contributed by atoms with Crippen LogP contribution < -0.4 is 16.0 Å². The van der Waals surface area contributed by atoms with Crippen molar-refractivity contribution in [3.8, 4) is 22.3 Å². The minimum Gasteiger partial charge on any atom is -0.282 e. The third-order valence-electron chi connectivity index (χ3n) is 10.1. The van der Waals surface area contributed by atoms with Gasteiger partial charge in [-0.15, -0.1) is 0 Å². The zero-order valence-corrected chi connectivity index (χ0v) is 28.2. The van der Waals surface area contributed by atoms with Crippen molar-refractivity contribution in [2.24, 2.45) is 5.92 Å². The number of aromatic nitrogens is 2. The minimum atomic E-state index is -0.101. The highest BCUT2D eigenvalue weighted by molar-refractivity contribution is 5.75. The van der Waals surface area contributed by atoms with Crippen LogP contribution in [0, 0.1) is 33.6 Å². The molecular formula is C43H43N5. The molecule has 8 rings (SSSR count). The van der Waals surface area contributed by atoms with Gasteiger partial charge in [-0.3, -0.25) is 25.9 Å². The van der Waals surface area contributed by atoms with Gasteiger partial charge in [-0.1, -0.05) is 72.9 Å². The van der Waals surface area contributed by atoms with Crippen molar-refractivity contribution in [3.05, 3.63) is 160 Å². The van der Waals surface area contributed by atoms with E-state index in [4.69, 9.17) is 0 Å². The molecule has 0 amide bonds. The lowest BCUT2D eigenvalue weighted by Crippen LogP contribution is -2.65. The zero-order chi connectivity index (χ0) is 32.8. The van der Waals surface area contributed by atoms with Crippen LogP contribution in [0.15, 0.2) is 120 Å². The molecule has 1 aliphatic heterocycles. The molecule has 48 heavy (non-hydrogen) atoms. The lowest BCUT2D eigenvalue weighted by Gasteiger charge is -2.44. The Bertz CT molecular complexity index is 1940. The molecular weight excluding hydrogens is 587 g/mol. The number of nitrogens with zero attached hydrogens (tertiary/aromatic N) is 2. The average molecular weight is 630 g/mol. The number of hydrogen-bond donors (Lipinski definition) is 3. The Morgan fingerprint density at radius 3 is 1.92 bits per heavy atom. The standard InChI is InChI=1S/C43H43N5/c1-26-19-32(20-27(2)44-26)34-23-35(33-21-28(3)45-29(4)22-33)25-36(24-34)41-46-42(39-17-9-13-30-11-5-7-15-37(30)39)48-43(47-41)40-18-10-14-31-12-6-8-16-38(31)40/h5-13,15-16,18-25,31,39,41-43,46-48H,14,17H2,1-4H3. The molecule has 3 aliphatic carbocycles. The van der Waals surface area contributed by atoms with Crippen LogP contribution in [0.5, 0.6) is 0 Å². The summed E-state index contributed by atoms with van der Waals surface area (Å²) in [7, 11) is 0. The Hall–Kier alpha value is -4.68. The first-order valence-electron chi connectivity index (χ1n) is 17.2. The van der Waals surface area contributed by atoms with Gasteiger partial charge >= 0.3 is 0 Å². The van der Waals surface area contributed by atoms with Crippen LogP contribution in [0.1, 0.15) is 64.4 Å². The highest BCUT2D eigenvalue weighted by Gasteiger charge is 2.37. The summed E-state index contributed by atoms with van der Waals surface area (Å²) in [5, 5.41) is 12.2. The van der Waals surface area contributed by atoms with Gasteiger partial charge in [0.15, 0.2) is 0 Å². The van der Waals surface area contributed by atoms with Gasteiger partial charge in [0.25, 0.3) is 0 Å². The fraction of sp³-hybridized carbons (Fsp3) is 0.256. The molecule has 4 aliphatic rings. The number of fused-ring (bicyclic) bond motifs is 2. The van der Waals surface area contributed by atoms with Crippen molar-refractivity contribution < 1.29 is 0 Å². The molecule has 4 aromatic rings. The normalized spacial score (nSPS) is 24.5. The predicted molar refractivity (Wildman–Crippen MR) is 197 cm³/mol. The van der Waals surface area contributed by atoms with Crippen LogP contribution in [-0.4, -0.2) is 22.3 Å². The van der Waals surface area contributed by atoms with Crippen molar-refractivity contribution >= 4 is 6.08 Å². The third kappa shape index (κ3) is 6.06. The maximum absolute atomic E-state index is 4.68. The molecule has 0 radical (unpaired) electrons. The molecule has 2 aromatic carbocycles. The Balaban J connectivity index is 1.26. The molecule has 5 unspecified atom stereocenters. The van der Waals surface area contributed by atoms with E-state index in [-0.39, 0.29) is 24.4 Å². The van der Waals surface area contributed by atoms with Gasteiger partial charge in [0.1, 0.15) is 0 Å². The van der Waals surface area contributed by atoms with Gasteiger partial charge in [-0.05, 0) is 133 Å². The minimum absolute atomic E-state index is 0.0348. The van der Waals surface area contributed by atoms with Gasteiger partial charge in [0, 0.05) is 34.6 Å². The van der Waals surface area contributed by atoms with E-state index in [0.29, 0.717) is 5.92 Å². The number of hydrogen-bond acceptors (Lipinski definition) is 5. The van der Waals surface area contributed by atoms with Gasteiger partial charge in [0.2, 0.25) is 0 Å². The molecule has 0 bridgehead atoms. The topological polar surface area (TPSA) is 61.9 Å². The summed E-state index contributed by atoms with van der Waals surface area (Å²) in [6, 6.07) is 24.7. The highest BCUT2D eigenvalue weighted by atomic mass is 15.4. The molecule has 3 heterocycles. The maximum atomic E-state index is 4.68. The van der Waals surface area contributed by atoms with Crippen molar-refractivity contribution in [2.45, 2.75) is 65.0 Å². The molecule has 5 atom stereocenters. The summed E-state index contributed by atoms with van der Waals surface area (Å²) in [4.78, 5) is 9.36. The number of rotatable bonds is 5. The first kappa shape index (κ1) is 30.6. The van der Waals surface area contributed by atoms with E-state index in [2.05, 4.69) is 169 Å². The van der Waals surface area contributed by atoms with Crippen LogP contribution in [0.2, 0.25) is 0 Å². The largest absolute Gasteiger partial charge is 0.282 e. The summed E-state index contributed by atoms with van der Waals surface area (Å²) in [5.41, 5.74) is 15.4. The SMILES string of the molecule is Cc1cc(-c2cc(-c3cc(C)nc(C)c3)cc(C3NC(C4=C5C=CC=CC5CC=C4)NC(C4CC=Cc5ccccc54)N3)c2)cc(C)n1. The second-order valence-corrected chi connectivity index (χ2v) is 13.7. The van der Waals surface area contributed by atoms with Gasteiger partial charge in [-0.25, -0.2) is 0 Å². The molecule has 240 valence electrons. The number of aryl methyl sites for hydroxylation is 4. The summed E-state index contributed by atoms with van der Waals surface area (Å²) in [5.74, 6) is 0.697. The number of nitrogens with one attached hydrogen (secondary N) is 3. The van der Waals surface area contributed by atoms with Crippen molar-refractivity contribution in [1.29, 1.82) is 0 Å². The lowest BCUT2D eigenvalue weighted by molar-refractivity contribution is 0.196. The van der Waals surface area contributed by atoms with E-state index in [0.717, 1.165) is 35.6 Å². The first-order valence-corrected chi connectivity index (χ1v) is 17.2. The maximum Gasteiger partial charge on any atom is 0.0864 e. The van der Waals surface area contributed by atoms with E-state index in [1.54, 1.807) is 0 Å². The molecule has 0 saturated carbocycles. The van der Waals surface area contributed by atoms with Crippen LogP contribution in [0.3, 0.4) is 0 Å². The van der Waals surface area contributed by atoms with E-state index in [1.807, 2.05) is 0 Å². The van der Waals surface area contributed by atoms with Crippen molar-refractivity contribution in [3.63, 3.8) is 0 Å². The number of pyridine rings is 2. The number of allylic oxidation sites excluding steroid dienone is 7. The molecule has 0 spiro atoms. The van der Waals surface area contributed by atoms with E-state index in [9.17, 15) is 0 Å². The van der Waals surface area contributed by atoms with Crippen LogP contribution in [0.4, 0.5) is 0 Å². The highest BCUT2D eigenvalue weighted by Crippen LogP contribution is 2.38.